The molecule has 0 bridgehead atoms. The number of amides is 1. The first-order chi connectivity index (χ1) is 13.2. The van der Waals surface area contributed by atoms with Gasteiger partial charge in [-0.15, -0.1) is 0 Å². The zero-order valence-electron chi connectivity index (χ0n) is 15.3. The quantitative estimate of drug-likeness (QED) is 0.665. The van der Waals surface area contributed by atoms with Gasteiger partial charge in [-0.3, -0.25) is 9.79 Å². The van der Waals surface area contributed by atoms with Crippen LogP contribution in [0.15, 0.2) is 52.1 Å². The zero-order chi connectivity index (χ0) is 18.8. The van der Waals surface area contributed by atoms with Gasteiger partial charge in [0, 0.05) is 45.2 Å². The molecular formula is C20H23FN4O2. The van der Waals surface area contributed by atoms with Gasteiger partial charge in [-0.1, -0.05) is 18.2 Å². The SMILES string of the molecule is CN=C(NC1CC1c1ccccc1F)N1CCN(C(=O)c2ccco2)CC1. The number of carbonyl (C=O) groups is 1. The van der Waals surface area contributed by atoms with Crippen molar-refractivity contribution >= 4 is 11.9 Å². The predicted octanol–water partition coefficient (Wildman–Crippen LogP) is 2.31. The first-order valence-electron chi connectivity index (χ1n) is 9.23. The van der Waals surface area contributed by atoms with E-state index in [1.807, 2.05) is 12.1 Å². The van der Waals surface area contributed by atoms with Gasteiger partial charge in [0.1, 0.15) is 5.82 Å². The Morgan fingerprint density at radius 2 is 1.89 bits per heavy atom. The number of hydrogen-bond acceptors (Lipinski definition) is 3. The number of hydrogen-bond donors (Lipinski definition) is 1. The molecule has 0 spiro atoms. The second-order valence-electron chi connectivity index (χ2n) is 6.92. The van der Waals surface area contributed by atoms with E-state index < -0.39 is 0 Å². The molecular weight excluding hydrogens is 347 g/mol. The summed E-state index contributed by atoms with van der Waals surface area (Å²) < 4.78 is 19.1. The molecule has 1 saturated carbocycles. The summed E-state index contributed by atoms with van der Waals surface area (Å²) in [4.78, 5) is 20.7. The summed E-state index contributed by atoms with van der Waals surface area (Å²) in [5.41, 5.74) is 0.763. The molecule has 1 aliphatic heterocycles. The van der Waals surface area contributed by atoms with Crippen molar-refractivity contribution in [3.8, 4) is 0 Å². The van der Waals surface area contributed by atoms with Gasteiger partial charge in [0.25, 0.3) is 5.91 Å². The van der Waals surface area contributed by atoms with Crippen LogP contribution in [0.4, 0.5) is 4.39 Å². The number of furan rings is 1. The molecule has 1 aromatic heterocycles. The highest BCUT2D eigenvalue weighted by Crippen LogP contribution is 2.41. The summed E-state index contributed by atoms with van der Waals surface area (Å²) in [7, 11) is 1.75. The number of nitrogens with one attached hydrogen (secondary N) is 1. The topological polar surface area (TPSA) is 61.1 Å². The van der Waals surface area contributed by atoms with Crippen molar-refractivity contribution in [1.29, 1.82) is 0 Å². The maximum absolute atomic E-state index is 13.9. The van der Waals surface area contributed by atoms with Crippen LogP contribution in [0.2, 0.25) is 0 Å². The van der Waals surface area contributed by atoms with Gasteiger partial charge in [0.15, 0.2) is 11.7 Å². The molecule has 7 heteroatoms. The fraction of sp³-hybridized carbons (Fsp3) is 0.400. The van der Waals surface area contributed by atoms with E-state index in [1.54, 1.807) is 30.1 Å². The van der Waals surface area contributed by atoms with Crippen LogP contribution in [0.5, 0.6) is 0 Å². The Hall–Kier alpha value is -2.83. The standard InChI is InChI=1S/C20H23FN4O2/c1-22-20(23-17-13-15(17)14-5-2-3-6-16(14)21)25-10-8-24(9-11-25)19(26)18-7-4-12-27-18/h2-7,12,15,17H,8-11,13H2,1H3,(H,22,23). The van der Waals surface area contributed by atoms with Crippen molar-refractivity contribution in [1.82, 2.24) is 15.1 Å². The average Bonchev–Trinajstić information content (AvgIpc) is 3.23. The molecule has 0 radical (unpaired) electrons. The van der Waals surface area contributed by atoms with Gasteiger partial charge >= 0.3 is 0 Å². The molecule has 2 aliphatic rings. The Bertz CT molecular complexity index is 828. The van der Waals surface area contributed by atoms with Crippen LogP contribution in [0, 0.1) is 5.82 Å². The Kier molecular flexibility index (Phi) is 4.83. The lowest BCUT2D eigenvalue weighted by Crippen LogP contribution is -2.54. The van der Waals surface area contributed by atoms with E-state index in [2.05, 4.69) is 15.2 Å². The number of benzene rings is 1. The Labute approximate surface area is 157 Å². The van der Waals surface area contributed by atoms with Gasteiger partial charge in [-0.25, -0.2) is 4.39 Å². The maximum Gasteiger partial charge on any atom is 0.289 e. The second-order valence-corrected chi connectivity index (χ2v) is 6.92. The Morgan fingerprint density at radius 1 is 1.15 bits per heavy atom. The lowest BCUT2D eigenvalue weighted by Gasteiger charge is -2.36. The number of guanidine groups is 1. The van der Waals surface area contributed by atoms with E-state index in [-0.39, 0.29) is 23.7 Å². The highest BCUT2D eigenvalue weighted by atomic mass is 19.1. The van der Waals surface area contributed by atoms with Crippen molar-refractivity contribution in [3.63, 3.8) is 0 Å². The van der Waals surface area contributed by atoms with Gasteiger partial charge in [0.05, 0.1) is 6.26 Å². The molecule has 1 aliphatic carbocycles. The van der Waals surface area contributed by atoms with Crippen LogP contribution < -0.4 is 5.32 Å². The molecule has 1 saturated heterocycles. The van der Waals surface area contributed by atoms with Gasteiger partial charge in [-0.05, 0) is 30.2 Å². The molecule has 2 unspecified atom stereocenters. The van der Waals surface area contributed by atoms with Crippen LogP contribution in [0.25, 0.3) is 0 Å². The summed E-state index contributed by atoms with van der Waals surface area (Å²) in [5, 5.41) is 3.45. The average molecular weight is 370 g/mol. The molecule has 2 fully saturated rings. The minimum Gasteiger partial charge on any atom is -0.459 e. The van der Waals surface area contributed by atoms with Gasteiger partial charge in [-0.2, -0.15) is 0 Å². The van der Waals surface area contributed by atoms with E-state index >= 15 is 0 Å². The van der Waals surface area contributed by atoms with Crippen LogP contribution in [-0.2, 0) is 0 Å². The van der Waals surface area contributed by atoms with Gasteiger partial charge in [0.2, 0.25) is 0 Å². The maximum atomic E-state index is 13.9. The number of carbonyl (C=O) groups excluding carboxylic acids is 1. The minimum atomic E-state index is -0.146. The predicted molar refractivity (Wildman–Crippen MR) is 100 cm³/mol. The molecule has 142 valence electrons. The number of halogens is 1. The normalized spacial score (nSPS) is 22.7. The first kappa shape index (κ1) is 17.6. The smallest absolute Gasteiger partial charge is 0.289 e. The number of rotatable bonds is 3. The first-order valence-corrected chi connectivity index (χ1v) is 9.23. The van der Waals surface area contributed by atoms with E-state index in [0.29, 0.717) is 31.9 Å². The van der Waals surface area contributed by atoms with Crippen molar-refractivity contribution < 1.29 is 13.6 Å². The highest BCUT2D eigenvalue weighted by Gasteiger charge is 2.41. The number of aliphatic imine (C=N–C) groups is 1. The minimum absolute atomic E-state index is 0.0793. The summed E-state index contributed by atoms with van der Waals surface area (Å²) in [6.45, 7) is 2.62. The van der Waals surface area contributed by atoms with E-state index in [9.17, 15) is 9.18 Å². The Balaban J connectivity index is 1.31. The number of piperazine rings is 1. The van der Waals surface area contributed by atoms with Crippen molar-refractivity contribution in [2.45, 2.75) is 18.4 Å². The lowest BCUT2D eigenvalue weighted by atomic mass is 10.1. The fourth-order valence-corrected chi connectivity index (χ4v) is 3.61. The van der Waals surface area contributed by atoms with E-state index in [4.69, 9.17) is 4.42 Å². The molecule has 6 nitrogen and oxygen atoms in total. The second kappa shape index (κ2) is 7.42. The zero-order valence-corrected chi connectivity index (χ0v) is 15.3. The summed E-state index contributed by atoms with van der Waals surface area (Å²) in [5.74, 6) is 1.14. The van der Waals surface area contributed by atoms with Crippen LogP contribution in [-0.4, -0.2) is 60.9 Å². The van der Waals surface area contributed by atoms with Crippen LogP contribution in [0.1, 0.15) is 28.5 Å². The summed E-state index contributed by atoms with van der Waals surface area (Å²) >= 11 is 0. The largest absolute Gasteiger partial charge is 0.459 e. The van der Waals surface area contributed by atoms with Crippen LogP contribution in [0.3, 0.4) is 0 Å². The van der Waals surface area contributed by atoms with Crippen molar-refractivity contribution in [2.75, 3.05) is 33.2 Å². The fourth-order valence-electron chi connectivity index (χ4n) is 3.61. The third-order valence-electron chi connectivity index (χ3n) is 5.22. The lowest BCUT2D eigenvalue weighted by molar-refractivity contribution is 0.0657. The molecule has 4 rings (SSSR count). The monoisotopic (exact) mass is 370 g/mol. The highest BCUT2D eigenvalue weighted by molar-refractivity contribution is 5.91. The third kappa shape index (κ3) is 3.67. The molecule has 1 N–H and O–H groups in total. The molecule has 27 heavy (non-hydrogen) atoms. The summed E-state index contributed by atoms with van der Waals surface area (Å²) in [6.07, 6.45) is 2.41. The van der Waals surface area contributed by atoms with Gasteiger partial charge < -0.3 is 19.5 Å². The molecule has 2 heterocycles. The third-order valence-corrected chi connectivity index (χ3v) is 5.22. The van der Waals surface area contributed by atoms with E-state index in [0.717, 1.165) is 17.9 Å². The Morgan fingerprint density at radius 3 is 2.56 bits per heavy atom. The van der Waals surface area contributed by atoms with Crippen LogP contribution >= 0.6 is 0 Å². The summed E-state index contributed by atoms with van der Waals surface area (Å²) in [6, 6.07) is 10.5. The molecule has 1 aromatic carbocycles. The number of nitrogens with zero attached hydrogens (tertiary/aromatic N) is 3. The molecule has 1 amide bonds. The van der Waals surface area contributed by atoms with E-state index in [1.165, 1.54) is 12.3 Å². The molecule has 2 atom stereocenters. The van der Waals surface area contributed by atoms with Crippen molar-refractivity contribution in [3.05, 3.63) is 59.8 Å². The van der Waals surface area contributed by atoms with Crippen molar-refractivity contribution in [2.24, 2.45) is 4.99 Å². The molecule has 2 aromatic rings.